The summed E-state index contributed by atoms with van der Waals surface area (Å²) >= 11 is 0. The summed E-state index contributed by atoms with van der Waals surface area (Å²) in [5, 5.41) is 23.2. The van der Waals surface area contributed by atoms with Gasteiger partial charge in [0.2, 0.25) is 10.0 Å². The second-order valence-electron chi connectivity index (χ2n) is 13.3. The van der Waals surface area contributed by atoms with Crippen LogP contribution in [0.15, 0.2) is 48.5 Å². The maximum absolute atomic E-state index is 13.7. The fourth-order valence-electron chi connectivity index (χ4n) is 8.69. The van der Waals surface area contributed by atoms with Crippen molar-refractivity contribution in [1.82, 2.24) is 9.62 Å². The smallest absolute Gasteiger partial charge is 0.322 e. The standard InChI is InChI=1S/C32H41N5O6S/c38-29(39)9-16-44(42,43)35-12-10-34(11-13-35)25-5-7-26(8-6-25)36-14-15-37(28-4-2-1-3-27(28)36)31(40)33-30-23-17-22-18-24(30)21-32(41,19-22)20-23/h1-8,22-24,30,41H,9-21H2,(H,33,40)(H,38,39)/t22?,23-,24+,30?,32?. The Hall–Kier alpha value is -3.35. The van der Waals surface area contributed by atoms with E-state index in [-0.39, 0.29) is 24.2 Å². The summed E-state index contributed by atoms with van der Waals surface area (Å²) in [4.78, 5) is 30.8. The Morgan fingerprint density at radius 2 is 1.48 bits per heavy atom. The molecule has 4 saturated carbocycles. The quantitative estimate of drug-likeness (QED) is 0.428. The van der Waals surface area contributed by atoms with E-state index >= 15 is 0 Å². The average Bonchev–Trinajstić information content (AvgIpc) is 3.00. The molecule has 4 aliphatic carbocycles. The molecule has 2 amide bonds. The van der Waals surface area contributed by atoms with E-state index < -0.39 is 21.6 Å². The monoisotopic (exact) mass is 623 g/mol. The van der Waals surface area contributed by atoms with Crippen LogP contribution in [0, 0.1) is 17.8 Å². The maximum atomic E-state index is 13.7. The number of benzene rings is 2. The third kappa shape index (κ3) is 5.52. The number of hydrogen-bond donors (Lipinski definition) is 3. The zero-order chi connectivity index (χ0) is 30.6. The van der Waals surface area contributed by atoms with Gasteiger partial charge in [0.1, 0.15) is 0 Å². The number of nitrogens with zero attached hydrogens (tertiary/aromatic N) is 4. The molecular weight excluding hydrogens is 582 g/mol. The lowest BCUT2D eigenvalue weighted by Crippen LogP contribution is -2.63. The van der Waals surface area contributed by atoms with Crippen molar-refractivity contribution < 1.29 is 28.2 Å². The van der Waals surface area contributed by atoms with Crippen LogP contribution in [-0.2, 0) is 14.8 Å². The molecule has 44 heavy (non-hydrogen) atoms. The highest BCUT2D eigenvalue weighted by Gasteiger charge is 2.55. The molecule has 0 aromatic heterocycles. The van der Waals surface area contributed by atoms with Crippen LogP contribution in [0.1, 0.15) is 38.5 Å². The Morgan fingerprint density at radius 1 is 0.841 bits per heavy atom. The first-order chi connectivity index (χ1) is 21.1. The summed E-state index contributed by atoms with van der Waals surface area (Å²) in [6, 6.07) is 16.3. The zero-order valence-electron chi connectivity index (χ0n) is 24.8. The molecule has 0 radical (unpaired) electrons. The summed E-state index contributed by atoms with van der Waals surface area (Å²) in [5.74, 6) is -0.181. The number of aliphatic carboxylic acids is 1. The van der Waals surface area contributed by atoms with Crippen molar-refractivity contribution in [3.05, 3.63) is 48.5 Å². The van der Waals surface area contributed by atoms with Gasteiger partial charge in [-0.25, -0.2) is 13.2 Å². The van der Waals surface area contributed by atoms with E-state index in [9.17, 15) is 23.1 Å². The van der Waals surface area contributed by atoms with E-state index in [1.165, 1.54) is 4.31 Å². The average molecular weight is 624 g/mol. The Balaban J connectivity index is 1.00. The highest BCUT2D eigenvalue weighted by atomic mass is 32.2. The molecule has 236 valence electrons. The van der Waals surface area contributed by atoms with Crippen LogP contribution in [0.4, 0.5) is 27.5 Å². The molecular formula is C32H41N5O6S. The van der Waals surface area contributed by atoms with Crippen LogP contribution < -0.4 is 20.0 Å². The van der Waals surface area contributed by atoms with Crippen LogP contribution in [0.2, 0.25) is 0 Å². The molecule has 2 aromatic rings. The lowest BCUT2D eigenvalue weighted by Gasteiger charge is -2.58. The molecule has 3 unspecified atom stereocenters. The largest absolute Gasteiger partial charge is 0.481 e. The van der Waals surface area contributed by atoms with Crippen molar-refractivity contribution in [3.63, 3.8) is 0 Å². The van der Waals surface area contributed by atoms with Crippen molar-refractivity contribution >= 4 is 44.8 Å². The minimum absolute atomic E-state index is 0.0546. The van der Waals surface area contributed by atoms with Crippen LogP contribution in [0.25, 0.3) is 0 Å². The minimum atomic E-state index is -3.58. The fourth-order valence-corrected chi connectivity index (χ4v) is 10.1. The number of rotatable bonds is 7. The first-order valence-corrected chi connectivity index (χ1v) is 17.4. The van der Waals surface area contributed by atoms with E-state index in [0.717, 1.165) is 54.9 Å². The molecule has 6 aliphatic rings. The Labute approximate surface area is 258 Å². The number of hydrogen-bond acceptors (Lipinski definition) is 7. The highest BCUT2D eigenvalue weighted by molar-refractivity contribution is 7.89. The van der Waals surface area contributed by atoms with E-state index in [4.69, 9.17) is 5.11 Å². The number of piperazine rings is 1. The van der Waals surface area contributed by atoms with Gasteiger partial charge >= 0.3 is 12.0 Å². The number of para-hydroxylation sites is 2. The Morgan fingerprint density at radius 3 is 2.11 bits per heavy atom. The van der Waals surface area contributed by atoms with Gasteiger partial charge in [-0.3, -0.25) is 9.69 Å². The summed E-state index contributed by atoms with van der Waals surface area (Å²) in [6.45, 7) is 2.92. The molecule has 4 bridgehead atoms. The van der Waals surface area contributed by atoms with Gasteiger partial charge in [0.15, 0.2) is 0 Å². The van der Waals surface area contributed by atoms with Crippen LogP contribution in [-0.4, -0.2) is 91.6 Å². The van der Waals surface area contributed by atoms with Gasteiger partial charge < -0.3 is 25.3 Å². The number of carboxylic acids is 1. The van der Waals surface area contributed by atoms with Gasteiger partial charge in [-0.05, 0) is 86.3 Å². The topological polar surface area (TPSA) is 134 Å². The van der Waals surface area contributed by atoms with Crippen LogP contribution in [0.5, 0.6) is 0 Å². The number of aliphatic hydroxyl groups is 1. The summed E-state index contributed by atoms with van der Waals surface area (Å²) in [7, 11) is -3.58. The number of carboxylic acid groups (broad SMARTS) is 1. The number of carbonyl (C=O) groups excluding carboxylic acids is 1. The van der Waals surface area contributed by atoms with Crippen molar-refractivity contribution in [2.75, 3.05) is 59.7 Å². The van der Waals surface area contributed by atoms with Gasteiger partial charge in [0, 0.05) is 56.7 Å². The summed E-state index contributed by atoms with van der Waals surface area (Å²) in [6.07, 6.45) is 4.34. The Bertz CT molecular complexity index is 1510. The van der Waals surface area contributed by atoms with Crippen LogP contribution in [0.3, 0.4) is 0 Å². The molecule has 8 rings (SSSR count). The fraction of sp³-hybridized carbons (Fsp3) is 0.562. The van der Waals surface area contributed by atoms with Crippen molar-refractivity contribution in [2.24, 2.45) is 17.8 Å². The van der Waals surface area contributed by atoms with E-state index in [0.29, 0.717) is 57.0 Å². The summed E-state index contributed by atoms with van der Waals surface area (Å²) in [5.41, 5.74) is 3.35. The van der Waals surface area contributed by atoms with Crippen molar-refractivity contribution in [2.45, 2.75) is 50.2 Å². The van der Waals surface area contributed by atoms with Gasteiger partial charge in [0.05, 0.1) is 29.1 Å². The number of urea groups is 1. The zero-order valence-corrected chi connectivity index (χ0v) is 25.7. The van der Waals surface area contributed by atoms with Gasteiger partial charge in [0.25, 0.3) is 0 Å². The van der Waals surface area contributed by atoms with E-state index in [1.54, 1.807) is 0 Å². The third-order valence-electron chi connectivity index (χ3n) is 10.5. The molecule has 2 aromatic carbocycles. The van der Waals surface area contributed by atoms with Gasteiger partial charge in [-0.2, -0.15) is 4.31 Å². The van der Waals surface area contributed by atoms with Crippen molar-refractivity contribution in [3.8, 4) is 0 Å². The first-order valence-electron chi connectivity index (χ1n) is 15.8. The SMILES string of the molecule is O=C(O)CCS(=O)(=O)N1CCN(c2ccc(N3CCN(C(=O)NC4[C@@H]5CC6C[C@H]4CC(O)(C6)C5)c4ccccc43)cc2)CC1. The van der Waals surface area contributed by atoms with Crippen molar-refractivity contribution in [1.29, 1.82) is 0 Å². The third-order valence-corrected chi connectivity index (χ3v) is 12.4. The lowest BCUT2D eigenvalue weighted by molar-refractivity contribution is -0.137. The molecule has 0 spiro atoms. The molecule has 2 heterocycles. The number of sulfonamides is 1. The van der Waals surface area contributed by atoms with E-state index in [1.807, 2.05) is 41.3 Å². The first kappa shape index (κ1) is 29.4. The molecule has 5 fully saturated rings. The second kappa shape index (κ2) is 11.2. The minimum Gasteiger partial charge on any atom is -0.481 e. The second-order valence-corrected chi connectivity index (χ2v) is 15.4. The Kier molecular flexibility index (Phi) is 7.49. The number of nitrogens with one attached hydrogen (secondary N) is 1. The molecule has 11 nitrogen and oxygen atoms in total. The predicted molar refractivity (Wildman–Crippen MR) is 168 cm³/mol. The van der Waals surface area contributed by atoms with E-state index in [2.05, 4.69) is 27.2 Å². The number of amides is 2. The molecule has 12 heteroatoms. The maximum Gasteiger partial charge on any atom is 0.322 e. The summed E-state index contributed by atoms with van der Waals surface area (Å²) < 4.78 is 26.4. The molecule has 2 aliphatic heterocycles. The molecule has 5 atom stereocenters. The molecule has 1 saturated heterocycles. The highest BCUT2D eigenvalue weighted by Crippen LogP contribution is 2.55. The molecule has 3 N–H and O–H groups in total. The van der Waals surface area contributed by atoms with Gasteiger partial charge in [-0.1, -0.05) is 12.1 Å². The number of fused-ring (bicyclic) bond motifs is 1. The van der Waals surface area contributed by atoms with Crippen LogP contribution >= 0.6 is 0 Å². The predicted octanol–water partition coefficient (Wildman–Crippen LogP) is 3.22. The lowest BCUT2D eigenvalue weighted by atomic mass is 9.52. The number of anilines is 4. The normalized spacial score (nSPS) is 29.9. The van der Waals surface area contributed by atoms with Gasteiger partial charge in [-0.15, -0.1) is 0 Å². The number of carbonyl (C=O) groups is 2.